The second-order valence-electron chi connectivity index (χ2n) is 4.75. The van der Waals surface area contributed by atoms with Gasteiger partial charge in [0.05, 0.1) is 19.2 Å². The highest BCUT2D eigenvalue weighted by atomic mass is 16.6. The molecule has 2 aliphatic rings. The number of carbonyl (C=O) groups is 1. The maximum atomic E-state index is 12.6. The third kappa shape index (κ3) is 2.65. The molecule has 0 spiro atoms. The summed E-state index contributed by atoms with van der Waals surface area (Å²) < 4.78 is 11.1. The summed E-state index contributed by atoms with van der Waals surface area (Å²) in [7, 11) is -0.305. The molecule has 1 amide bonds. The van der Waals surface area contributed by atoms with Crippen molar-refractivity contribution in [2.75, 3.05) is 32.8 Å². The fraction of sp³-hybridized carbons (Fsp3) is 0.462. The minimum atomic E-state index is -0.305. The Morgan fingerprint density at radius 2 is 2.00 bits per heavy atom. The molecule has 2 aliphatic heterocycles. The van der Waals surface area contributed by atoms with Crippen LogP contribution in [0, 0.1) is 0 Å². The Balaban J connectivity index is 1.78. The molecule has 1 unspecified atom stereocenters. The van der Waals surface area contributed by atoms with E-state index in [1.165, 1.54) is 0 Å². The molecule has 0 aromatic heterocycles. The van der Waals surface area contributed by atoms with E-state index in [2.05, 4.69) is 5.32 Å². The number of piperazine rings is 1. The van der Waals surface area contributed by atoms with Gasteiger partial charge in [0, 0.05) is 25.2 Å². The Morgan fingerprint density at radius 3 is 2.74 bits per heavy atom. The highest BCUT2D eigenvalue weighted by Crippen LogP contribution is 2.16. The van der Waals surface area contributed by atoms with Gasteiger partial charge in [0.1, 0.15) is 0 Å². The topological polar surface area (TPSA) is 50.8 Å². The average Bonchev–Trinajstić information content (AvgIpc) is 3.01. The van der Waals surface area contributed by atoms with Gasteiger partial charge in [0.25, 0.3) is 5.91 Å². The number of amides is 1. The molecule has 100 valence electrons. The number of hydrogen-bond donors (Lipinski definition) is 1. The molecule has 0 radical (unpaired) electrons. The van der Waals surface area contributed by atoms with Crippen LogP contribution in [0.5, 0.6) is 0 Å². The summed E-state index contributed by atoms with van der Waals surface area (Å²) in [6.45, 7) is 3.41. The van der Waals surface area contributed by atoms with E-state index in [4.69, 9.17) is 9.31 Å². The first-order chi connectivity index (χ1) is 9.36. The molecular weight excluding hydrogens is 243 g/mol. The Morgan fingerprint density at radius 1 is 1.26 bits per heavy atom. The van der Waals surface area contributed by atoms with Crippen LogP contribution in [0.4, 0.5) is 0 Å². The zero-order valence-electron chi connectivity index (χ0n) is 10.7. The zero-order chi connectivity index (χ0) is 13.1. The highest BCUT2D eigenvalue weighted by molar-refractivity contribution is 6.47. The van der Waals surface area contributed by atoms with Crippen molar-refractivity contribution in [1.29, 1.82) is 0 Å². The molecule has 5 nitrogen and oxygen atoms in total. The van der Waals surface area contributed by atoms with Gasteiger partial charge in [0.15, 0.2) is 0 Å². The number of nitrogens with one attached hydrogen (secondary N) is 1. The number of rotatable bonds is 2. The molecule has 1 atom stereocenters. The molecular formula is C13H17BN2O3. The van der Waals surface area contributed by atoms with Crippen molar-refractivity contribution in [3.8, 4) is 0 Å². The zero-order valence-corrected chi connectivity index (χ0v) is 10.7. The highest BCUT2D eigenvalue weighted by Gasteiger charge is 2.41. The average molecular weight is 260 g/mol. The quantitative estimate of drug-likeness (QED) is 0.770. The Hall–Kier alpha value is -1.37. The van der Waals surface area contributed by atoms with E-state index in [1.807, 2.05) is 35.2 Å². The van der Waals surface area contributed by atoms with Crippen LogP contribution in [-0.2, 0) is 9.31 Å². The van der Waals surface area contributed by atoms with Crippen molar-refractivity contribution in [3.05, 3.63) is 35.9 Å². The van der Waals surface area contributed by atoms with E-state index >= 15 is 0 Å². The van der Waals surface area contributed by atoms with Gasteiger partial charge in [-0.1, -0.05) is 18.2 Å². The van der Waals surface area contributed by atoms with E-state index < -0.39 is 0 Å². The molecule has 0 bridgehead atoms. The maximum absolute atomic E-state index is 12.6. The van der Waals surface area contributed by atoms with E-state index in [1.54, 1.807) is 0 Å². The maximum Gasteiger partial charge on any atom is 0.482 e. The lowest BCUT2D eigenvalue weighted by molar-refractivity contribution is 0.0673. The first kappa shape index (κ1) is 12.7. The van der Waals surface area contributed by atoms with Crippen LogP contribution >= 0.6 is 0 Å². The summed E-state index contributed by atoms with van der Waals surface area (Å²) in [5.41, 5.74) is 0.715. The molecule has 1 N–H and O–H groups in total. The van der Waals surface area contributed by atoms with Crippen molar-refractivity contribution in [2.45, 2.75) is 5.94 Å². The normalized spacial score (nSPS) is 23.7. The van der Waals surface area contributed by atoms with Crippen LogP contribution in [0.2, 0.25) is 0 Å². The molecule has 3 rings (SSSR count). The van der Waals surface area contributed by atoms with Gasteiger partial charge >= 0.3 is 7.12 Å². The fourth-order valence-electron chi connectivity index (χ4n) is 2.57. The van der Waals surface area contributed by atoms with Gasteiger partial charge in [-0.15, -0.1) is 0 Å². The number of benzene rings is 1. The first-order valence-corrected chi connectivity index (χ1v) is 6.66. The molecule has 6 heteroatoms. The molecule has 0 aliphatic carbocycles. The SMILES string of the molecule is O=C(c1ccccc1)N1CCNCC1B1OCCO1. The number of carbonyl (C=O) groups excluding carboxylic acids is 1. The van der Waals surface area contributed by atoms with Gasteiger partial charge < -0.3 is 19.5 Å². The summed E-state index contributed by atoms with van der Waals surface area (Å²) in [4.78, 5) is 14.4. The van der Waals surface area contributed by atoms with Crippen molar-refractivity contribution < 1.29 is 14.1 Å². The predicted molar refractivity (Wildman–Crippen MR) is 71.8 cm³/mol. The van der Waals surface area contributed by atoms with Crippen molar-refractivity contribution in [1.82, 2.24) is 10.2 Å². The summed E-state index contributed by atoms with van der Waals surface area (Å²) in [6, 6.07) is 9.37. The van der Waals surface area contributed by atoms with Crippen molar-refractivity contribution in [2.24, 2.45) is 0 Å². The van der Waals surface area contributed by atoms with Gasteiger partial charge in [-0.05, 0) is 12.1 Å². The fourth-order valence-corrected chi connectivity index (χ4v) is 2.57. The lowest BCUT2D eigenvalue weighted by Crippen LogP contribution is -2.60. The van der Waals surface area contributed by atoms with Crippen LogP contribution in [0.1, 0.15) is 10.4 Å². The van der Waals surface area contributed by atoms with Crippen LogP contribution in [0.3, 0.4) is 0 Å². The lowest BCUT2D eigenvalue weighted by atomic mass is 9.76. The van der Waals surface area contributed by atoms with E-state index in [-0.39, 0.29) is 19.0 Å². The lowest BCUT2D eigenvalue weighted by Gasteiger charge is -2.36. The molecule has 2 saturated heterocycles. The minimum absolute atomic E-state index is 0.0474. The first-order valence-electron chi connectivity index (χ1n) is 6.66. The number of nitrogens with zero attached hydrogens (tertiary/aromatic N) is 1. The molecule has 1 aromatic carbocycles. The molecule has 1 aromatic rings. The van der Waals surface area contributed by atoms with Crippen LogP contribution in [0.15, 0.2) is 30.3 Å². The molecule has 2 fully saturated rings. The summed E-state index contributed by atoms with van der Waals surface area (Å²) >= 11 is 0. The summed E-state index contributed by atoms with van der Waals surface area (Å²) in [5, 5.41) is 3.29. The summed E-state index contributed by atoms with van der Waals surface area (Å²) in [5.74, 6) is -0.00449. The Bertz CT molecular complexity index is 437. The third-order valence-electron chi connectivity index (χ3n) is 3.53. The molecule has 0 saturated carbocycles. The van der Waals surface area contributed by atoms with E-state index in [0.717, 1.165) is 6.54 Å². The largest absolute Gasteiger partial charge is 0.482 e. The van der Waals surface area contributed by atoms with Gasteiger partial charge in [-0.3, -0.25) is 4.79 Å². The van der Waals surface area contributed by atoms with Crippen LogP contribution in [0.25, 0.3) is 0 Å². The minimum Gasteiger partial charge on any atom is -0.407 e. The van der Waals surface area contributed by atoms with Crippen molar-refractivity contribution in [3.63, 3.8) is 0 Å². The second kappa shape index (κ2) is 5.73. The van der Waals surface area contributed by atoms with Gasteiger partial charge in [-0.25, -0.2) is 0 Å². The van der Waals surface area contributed by atoms with E-state index in [0.29, 0.717) is 31.9 Å². The smallest absolute Gasteiger partial charge is 0.407 e. The monoisotopic (exact) mass is 260 g/mol. The molecule has 19 heavy (non-hydrogen) atoms. The molecule has 2 heterocycles. The third-order valence-corrected chi connectivity index (χ3v) is 3.53. The van der Waals surface area contributed by atoms with Crippen LogP contribution in [-0.4, -0.2) is 56.7 Å². The van der Waals surface area contributed by atoms with Crippen LogP contribution < -0.4 is 5.32 Å². The summed E-state index contributed by atoms with van der Waals surface area (Å²) in [6.07, 6.45) is 0. The standard InChI is InChI=1S/C13H17BN2O3/c17-13(11-4-2-1-3-5-11)16-7-6-15-10-12(16)14-18-8-9-19-14/h1-5,12,15H,6-10H2. The van der Waals surface area contributed by atoms with Gasteiger partial charge in [0.2, 0.25) is 0 Å². The Kier molecular flexibility index (Phi) is 3.82. The predicted octanol–water partition coefficient (Wildman–Crippen LogP) is 0.175. The van der Waals surface area contributed by atoms with E-state index in [9.17, 15) is 4.79 Å². The van der Waals surface area contributed by atoms with Crippen molar-refractivity contribution >= 4 is 13.0 Å². The Labute approximate surface area is 113 Å². The number of hydrogen-bond acceptors (Lipinski definition) is 4. The second-order valence-corrected chi connectivity index (χ2v) is 4.75. The van der Waals surface area contributed by atoms with Gasteiger partial charge in [-0.2, -0.15) is 0 Å².